The maximum atomic E-state index is 12.3. The van der Waals surface area contributed by atoms with Gasteiger partial charge in [0, 0.05) is 6.42 Å². The molecule has 0 aliphatic carbocycles. The van der Waals surface area contributed by atoms with Crippen LogP contribution in [0.5, 0.6) is 0 Å². The van der Waals surface area contributed by atoms with Gasteiger partial charge in [0.25, 0.3) is 0 Å². The van der Waals surface area contributed by atoms with E-state index < -0.39 is 18.2 Å². The zero-order valence-electron chi connectivity index (χ0n) is 27.4. The summed E-state index contributed by atoms with van der Waals surface area (Å²) < 4.78 is 0. The molecule has 0 aromatic heterocycles. The quantitative estimate of drug-likeness (QED) is 0.0471. The Labute approximate surface area is 255 Å². The number of hydrogen-bond donors (Lipinski definition) is 4. The standard InChI is InChI=1S/C36H71NO4/c1-3-5-7-9-11-13-15-16-17-18-19-20-21-22-24-26-28-30-34(39)36(41)33(32-38)37-35(40)31-29-27-25-23-14-12-10-8-6-4-2/h22,24,33-34,36,38-39,41H,3-21,23,25-32H2,1-2H3,(H,37,40)/b24-22+. The first-order valence-electron chi connectivity index (χ1n) is 18.0. The SMILES string of the molecule is CCCCCCCCCCCCCC/C=C/CCCC(O)C(O)C(CO)NC(=O)CCCCCCCCCCCC. The third kappa shape index (κ3) is 27.7. The molecule has 3 atom stereocenters. The number of carbonyl (C=O) groups is 1. The molecule has 0 fully saturated rings. The minimum Gasteiger partial charge on any atom is -0.394 e. The third-order valence-electron chi connectivity index (χ3n) is 8.37. The van der Waals surface area contributed by atoms with Gasteiger partial charge in [-0.15, -0.1) is 0 Å². The molecule has 5 heteroatoms. The summed E-state index contributed by atoms with van der Waals surface area (Å²) in [6.45, 7) is 4.14. The number of nitrogens with one attached hydrogen (secondary N) is 1. The van der Waals surface area contributed by atoms with Crippen molar-refractivity contribution < 1.29 is 20.1 Å². The molecular weight excluding hydrogens is 510 g/mol. The summed E-state index contributed by atoms with van der Waals surface area (Å²) in [5, 5.41) is 33.2. The molecule has 0 heterocycles. The number of amides is 1. The van der Waals surface area contributed by atoms with E-state index in [0.717, 1.165) is 38.5 Å². The van der Waals surface area contributed by atoms with Crippen LogP contribution in [0.4, 0.5) is 0 Å². The van der Waals surface area contributed by atoms with E-state index in [1.54, 1.807) is 0 Å². The van der Waals surface area contributed by atoms with Crippen molar-refractivity contribution in [3.05, 3.63) is 12.2 Å². The van der Waals surface area contributed by atoms with Crippen molar-refractivity contribution in [2.45, 2.75) is 205 Å². The number of allylic oxidation sites excluding steroid dienone is 2. The predicted octanol–water partition coefficient (Wildman–Crippen LogP) is 9.31. The minimum absolute atomic E-state index is 0.157. The van der Waals surface area contributed by atoms with E-state index in [9.17, 15) is 20.1 Å². The smallest absolute Gasteiger partial charge is 0.220 e. The summed E-state index contributed by atoms with van der Waals surface area (Å²) in [7, 11) is 0. The summed E-state index contributed by atoms with van der Waals surface area (Å²) in [6, 6.07) is -0.818. The van der Waals surface area contributed by atoms with Crippen LogP contribution in [0.1, 0.15) is 187 Å². The molecule has 0 spiro atoms. The Bertz CT molecular complexity index is 568. The molecule has 0 saturated heterocycles. The molecule has 5 nitrogen and oxygen atoms in total. The second kappa shape index (κ2) is 32.0. The van der Waals surface area contributed by atoms with Gasteiger partial charge in [0.15, 0.2) is 0 Å². The first kappa shape index (κ1) is 40.1. The fourth-order valence-corrected chi connectivity index (χ4v) is 5.51. The zero-order chi connectivity index (χ0) is 30.2. The van der Waals surface area contributed by atoms with E-state index in [1.165, 1.54) is 122 Å². The summed E-state index contributed by atoms with van der Waals surface area (Å²) in [4.78, 5) is 12.3. The number of carbonyl (C=O) groups excluding carboxylic acids is 1. The number of hydrogen-bond acceptors (Lipinski definition) is 4. The maximum Gasteiger partial charge on any atom is 0.220 e. The second-order valence-corrected chi connectivity index (χ2v) is 12.4. The second-order valence-electron chi connectivity index (χ2n) is 12.4. The molecule has 0 bridgehead atoms. The average Bonchev–Trinajstić information content (AvgIpc) is 2.97. The number of unbranched alkanes of at least 4 members (excludes halogenated alkanes) is 22. The lowest BCUT2D eigenvalue weighted by Crippen LogP contribution is -2.50. The van der Waals surface area contributed by atoms with Gasteiger partial charge >= 0.3 is 0 Å². The molecule has 41 heavy (non-hydrogen) atoms. The third-order valence-corrected chi connectivity index (χ3v) is 8.37. The van der Waals surface area contributed by atoms with Crippen LogP contribution in [0.25, 0.3) is 0 Å². The fourth-order valence-electron chi connectivity index (χ4n) is 5.51. The Balaban J connectivity index is 3.72. The average molecular weight is 582 g/mol. The highest BCUT2D eigenvalue weighted by Crippen LogP contribution is 2.14. The van der Waals surface area contributed by atoms with Gasteiger partial charge in [-0.1, -0.05) is 154 Å². The highest BCUT2D eigenvalue weighted by Gasteiger charge is 2.26. The normalized spacial score (nSPS) is 14.0. The van der Waals surface area contributed by atoms with Gasteiger partial charge < -0.3 is 20.6 Å². The lowest BCUT2D eigenvalue weighted by Gasteiger charge is -2.26. The van der Waals surface area contributed by atoms with Crippen LogP contribution in [-0.4, -0.2) is 46.1 Å². The molecular formula is C36H71NO4. The highest BCUT2D eigenvalue weighted by molar-refractivity contribution is 5.76. The molecule has 0 aromatic carbocycles. The molecule has 244 valence electrons. The van der Waals surface area contributed by atoms with Crippen LogP contribution in [0.3, 0.4) is 0 Å². The van der Waals surface area contributed by atoms with Gasteiger partial charge in [0.1, 0.15) is 6.10 Å². The first-order valence-corrected chi connectivity index (χ1v) is 18.0. The summed E-state index contributed by atoms with van der Waals surface area (Å²) >= 11 is 0. The van der Waals surface area contributed by atoms with Crippen molar-refractivity contribution >= 4 is 5.91 Å². The van der Waals surface area contributed by atoms with E-state index >= 15 is 0 Å². The minimum atomic E-state index is -1.15. The summed E-state index contributed by atoms with van der Waals surface area (Å²) in [5.41, 5.74) is 0. The molecule has 0 saturated carbocycles. The monoisotopic (exact) mass is 582 g/mol. The van der Waals surface area contributed by atoms with Crippen LogP contribution in [-0.2, 0) is 4.79 Å². The highest BCUT2D eigenvalue weighted by atomic mass is 16.3. The van der Waals surface area contributed by atoms with E-state index in [-0.39, 0.29) is 12.5 Å². The number of aliphatic hydroxyl groups excluding tert-OH is 3. The van der Waals surface area contributed by atoms with Gasteiger partial charge in [-0.25, -0.2) is 0 Å². The number of aliphatic hydroxyl groups is 3. The topological polar surface area (TPSA) is 89.8 Å². The van der Waals surface area contributed by atoms with Crippen molar-refractivity contribution in [1.29, 1.82) is 0 Å². The molecule has 3 unspecified atom stereocenters. The van der Waals surface area contributed by atoms with Gasteiger partial charge in [0.2, 0.25) is 5.91 Å². The van der Waals surface area contributed by atoms with Gasteiger partial charge in [-0.05, 0) is 38.5 Å². The van der Waals surface area contributed by atoms with E-state index in [1.807, 2.05) is 0 Å². The van der Waals surface area contributed by atoms with E-state index in [2.05, 4.69) is 31.3 Å². The Morgan fingerprint density at radius 3 is 1.41 bits per heavy atom. The van der Waals surface area contributed by atoms with Gasteiger partial charge in [0.05, 0.1) is 18.8 Å². The largest absolute Gasteiger partial charge is 0.394 e. The van der Waals surface area contributed by atoms with E-state index in [0.29, 0.717) is 12.8 Å². The van der Waals surface area contributed by atoms with Crippen LogP contribution >= 0.6 is 0 Å². The van der Waals surface area contributed by atoms with Crippen molar-refractivity contribution in [2.75, 3.05) is 6.61 Å². The van der Waals surface area contributed by atoms with Crippen molar-refractivity contribution in [2.24, 2.45) is 0 Å². The molecule has 0 aliphatic heterocycles. The Hall–Kier alpha value is -0.910. The predicted molar refractivity (Wildman–Crippen MR) is 176 cm³/mol. The molecule has 0 aromatic rings. The molecule has 0 aliphatic rings. The molecule has 0 radical (unpaired) electrons. The fraction of sp³-hybridized carbons (Fsp3) is 0.917. The van der Waals surface area contributed by atoms with Crippen LogP contribution < -0.4 is 5.32 Å². The Morgan fingerprint density at radius 1 is 0.585 bits per heavy atom. The van der Waals surface area contributed by atoms with Crippen molar-refractivity contribution in [3.8, 4) is 0 Å². The molecule has 0 rings (SSSR count). The summed E-state index contributed by atoms with van der Waals surface area (Å²) in [5.74, 6) is -0.157. The van der Waals surface area contributed by atoms with Gasteiger partial charge in [-0.2, -0.15) is 0 Å². The van der Waals surface area contributed by atoms with Crippen LogP contribution in [0, 0.1) is 0 Å². The Kier molecular flexibility index (Phi) is 31.3. The Morgan fingerprint density at radius 2 is 0.976 bits per heavy atom. The molecule has 4 N–H and O–H groups in total. The molecule has 1 amide bonds. The number of rotatable bonds is 32. The maximum absolute atomic E-state index is 12.3. The van der Waals surface area contributed by atoms with Gasteiger partial charge in [-0.3, -0.25) is 4.79 Å². The lowest BCUT2D eigenvalue weighted by molar-refractivity contribution is -0.124. The summed E-state index contributed by atoms with van der Waals surface area (Å²) in [6.07, 6.45) is 34.5. The van der Waals surface area contributed by atoms with Crippen LogP contribution in [0.2, 0.25) is 0 Å². The van der Waals surface area contributed by atoms with Crippen molar-refractivity contribution in [3.63, 3.8) is 0 Å². The van der Waals surface area contributed by atoms with Crippen molar-refractivity contribution in [1.82, 2.24) is 5.32 Å². The van der Waals surface area contributed by atoms with Crippen LogP contribution in [0.15, 0.2) is 12.2 Å². The van der Waals surface area contributed by atoms with E-state index in [4.69, 9.17) is 0 Å². The first-order chi connectivity index (χ1) is 20.1. The lowest BCUT2D eigenvalue weighted by atomic mass is 10.0. The zero-order valence-corrected chi connectivity index (χ0v) is 27.4.